The van der Waals surface area contributed by atoms with Crippen molar-refractivity contribution in [3.63, 3.8) is 0 Å². The van der Waals surface area contributed by atoms with E-state index in [0.717, 1.165) is 19.3 Å². The number of amides is 9. The van der Waals surface area contributed by atoms with E-state index in [2.05, 4.69) is 87.9 Å². The standard InChI is InChI=1S/C23H43NO3.C10H17NO3.C10H11NO2.C7H12N2O3.C6H9NO4.2C6H9NO3.C5H7NO4.C4H7NO2.18Rh/c1-2-3-4-5-6-7-8-9-10-11-12-13-14-15-16-17-20-27-23(26)21-18-19-22(25)24-21;1-10(2,3)6-14-9(13)7-4-5-8(12)11-7;12-10-11-9(7-13-10)6-8-4-2-1-3-5-8;1-9(2)12-7(11)5-3-4-6(10)8-5;1-3-4(5(8)10-2)7-6(9)11-3;2*1-10-6(9)4-2-3-5(8)7-4;1-9-4(7)3-2-10-5(8)6-3;1-3-2-7-4(6)5-3;;;;;;;;;;;;;;;;;;/h21H,2-20H2,1H3,(H,24,25);7H,4-6H2,1-3H3,(H,11,12);1-5,9H,6-7H2,(H,11,12);5H,3-4H2,1-2H3,(H,8,10);3-4H,1-2H3,(H,7,9);2*4H,2-3H2,1H3,(H,7,8);3H,2H2,1H3,(H,6,8);3H,2H2,1H3,(H,5,6);;;;;;;;;;;;;;;;;;/t;;;;;;;;3-;;;;;;;;;;;;;;;;;;/m........1................../s1. The Labute approximate surface area is 1010 Å². The van der Waals surface area contributed by atoms with Gasteiger partial charge in [0.15, 0.2) is 12.1 Å². The SMILES string of the molecule is CC(C)(C)COC(=O)C1CCC(=O)N1.CCCCCCCCCCCCCCCCCCOC(=O)C1CCC(=O)N1.CN(C)OC(=O)C1CCC(=O)N1.COC(=O)C1CCC(=O)N1.COC(=O)C1CCC(=O)N1.COC(=O)C1COC(=O)N1.COC(=O)C1NC(=O)OC1C.C[C@@H]1COC(=O)N1.O=C1NC(Cc2ccccc2)CO1.[Rh].[Rh].[Rh].[Rh].[Rh].[Rh].[Rh].[Rh].[Rh].[Rh].[Rh].[Rh].[Rh].[Rh].[Rh].[Rh].[Rh].[Rh]. The summed E-state index contributed by atoms with van der Waals surface area (Å²) in [5.41, 5.74) is 1.19. The molecule has 9 amide bonds. The van der Waals surface area contributed by atoms with Crippen molar-refractivity contribution in [2.24, 2.45) is 5.41 Å². The fourth-order valence-corrected chi connectivity index (χ4v) is 11.3. The number of hydrogen-bond donors (Lipinski definition) is 9. The largest absolute Gasteiger partial charge is 0.467 e. The minimum absolute atomic E-state index is 0. The van der Waals surface area contributed by atoms with Gasteiger partial charge in [0.25, 0.3) is 0 Å². The molecule has 132 heavy (non-hydrogen) atoms. The van der Waals surface area contributed by atoms with E-state index in [9.17, 15) is 76.7 Å². The minimum atomic E-state index is -0.660. The monoisotopic (exact) mass is 3470 g/mol. The van der Waals surface area contributed by atoms with Crippen molar-refractivity contribution in [3.05, 3.63) is 35.9 Å². The Kier molecular flexibility index (Phi) is 135. The first-order chi connectivity index (χ1) is 54.2. The first-order valence-corrected chi connectivity index (χ1v) is 39.0. The molecule has 806 valence electrons. The molecule has 9 aliphatic rings. The van der Waals surface area contributed by atoms with Crippen molar-refractivity contribution < 1.29 is 480 Å². The molecule has 1 aromatic rings. The summed E-state index contributed by atoms with van der Waals surface area (Å²) in [4.78, 5) is 177. The van der Waals surface area contributed by atoms with Gasteiger partial charge in [0.05, 0.1) is 53.7 Å². The Bertz CT molecular complexity index is 3180. The molecule has 9 N–H and O–H groups in total. The number of carbonyl (C=O) groups is 16. The molecule has 0 aromatic heterocycles. The number of rotatable bonds is 28. The number of nitrogens with one attached hydrogen (secondary N) is 9. The molecular weight excluding hydrogens is 3350 g/mol. The van der Waals surface area contributed by atoms with Crippen LogP contribution in [0.4, 0.5) is 19.2 Å². The van der Waals surface area contributed by atoms with Crippen LogP contribution in [0.15, 0.2) is 30.3 Å². The first-order valence-electron chi connectivity index (χ1n) is 39.0. The third kappa shape index (κ3) is 84.5. The van der Waals surface area contributed by atoms with E-state index >= 15 is 0 Å². The van der Waals surface area contributed by atoms with Gasteiger partial charge in [-0.3, -0.25) is 24.0 Å². The molecule has 1 aromatic carbocycles. The average Bonchev–Trinajstić information content (AvgIpc) is 1.73. The second kappa shape index (κ2) is 104. The predicted molar refractivity (Wildman–Crippen MR) is 408 cm³/mol. The van der Waals surface area contributed by atoms with E-state index in [1.807, 2.05) is 58.0 Å². The van der Waals surface area contributed by atoms with Gasteiger partial charge < -0.3 is 100 Å². The van der Waals surface area contributed by atoms with Crippen molar-refractivity contribution in [1.29, 1.82) is 0 Å². The maximum atomic E-state index is 11.7. The van der Waals surface area contributed by atoms with E-state index in [4.69, 9.17) is 19.0 Å². The Hall–Kier alpha value is 1.12. The number of alkyl carbamates (subject to hydrolysis) is 4. The number of cyclic esters (lactones) is 4. The molecule has 9 unspecified atom stereocenters. The van der Waals surface area contributed by atoms with Crippen molar-refractivity contribution in [2.75, 3.05) is 75.6 Å². The molecule has 9 fully saturated rings. The maximum absolute atomic E-state index is 11.7. The van der Waals surface area contributed by atoms with E-state index in [1.165, 1.54) is 129 Å². The number of hydroxylamine groups is 2. The van der Waals surface area contributed by atoms with Gasteiger partial charge in [0.2, 0.25) is 29.5 Å². The van der Waals surface area contributed by atoms with Crippen LogP contribution >= 0.6 is 0 Å². The minimum Gasteiger partial charge on any atom is -0.467 e. The van der Waals surface area contributed by atoms with Crippen LogP contribution in [0.25, 0.3) is 0 Å². The molecule has 0 spiro atoms. The number of methoxy groups -OCH3 is 4. The van der Waals surface area contributed by atoms with Crippen LogP contribution in [-0.4, -0.2) is 237 Å². The molecule has 9 saturated heterocycles. The Morgan fingerprint density at radius 1 is 0.364 bits per heavy atom. The van der Waals surface area contributed by atoms with Gasteiger partial charge in [0, 0.05) is 397 Å². The fourth-order valence-electron chi connectivity index (χ4n) is 11.3. The fraction of sp³-hybridized carbons (Fsp3) is 0.714. The predicted octanol–water partition coefficient (Wildman–Crippen LogP) is 5.42. The van der Waals surface area contributed by atoms with Gasteiger partial charge in [-0.15, -0.1) is 5.06 Å². The zero-order chi connectivity index (χ0) is 85.0. The number of benzene rings is 1. The molecule has 9 heterocycles. The van der Waals surface area contributed by atoms with Gasteiger partial charge in [0.1, 0.15) is 56.1 Å². The van der Waals surface area contributed by atoms with E-state index in [-0.39, 0.29) is 440 Å². The molecule has 0 saturated carbocycles. The van der Waals surface area contributed by atoms with Crippen LogP contribution in [0.3, 0.4) is 0 Å². The summed E-state index contributed by atoms with van der Waals surface area (Å²) in [5.74, 6) is -2.99. The second-order valence-electron chi connectivity index (χ2n) is 29.0. The van der Waals surface area contributed by atoms with Crippen molar-refractivity contribution in [2.45, 2.75) is 275 Å². The number of unbranched alkanes of at least 4 members (excludes halogenated alkanes) is 15. The summed E-state index contributed by atoms with van der Waals surface area (Å²) >= 11 is 0. The summed E-state index contributed by atoms with van der Waals surface area (Å²) in [6.45, 7) is 13.7. The third-order valence-corrected chi connectivity index (χ3v) is 17.5. The van der Waals surface area contributed by atoms with Crippen LogP contribution < -0.4 is 47.9 Å². The van der Waals surface area contributed by atoms with Gasteiger partial charge in [-0.05, 0) is 69.8 Å². The summed E-state index contributed by atoms with van der Waals surface area (Å²) in [6, 6.07) is 7.01. The Balaban J connectivity index is -0.0000000756. The van der Waals surface area contributed by atoms with Crippen LogP contribution in [-0.2, 0) is 467 Å². The van der Waals surface area contributed by atoms with Crippen molar-refractivity contribution >= 4 is 95.7 Å². The zero-order valence-corrected chi connectivity index (χ0v) is 104. The van der Waals surface area contributed by atoms with Gasteiger partial charge >= 0.3 is 66.2 Å². The molecule has 0 aliphatic carbocycles. The van der Waals surface area contributed by atoms with Crippen LogP contribution in [0, 0.1) is 5.41 Å². The number of esters is 6. The zero-order valence-electron chi connectivity index (χ0n) is 74.3. The van der Waals surface area contributed by atoms with Gasteiger partial charge in [-0.1, -0.05) is 154 Å². The number of nitrogens with zero attached hydrogens (tertiary/aromatic N) is 1. The summed E-state index contributed by atoms with van der Waals surface area (Å²) < 4.78 is 46.3. The van der Waals surface area contributed by atoms with Crippen LogP contribution in [0.2, 0.25) is 0 Å². The second-order valence-corrected chi connectivity index (χ2v) is 29.0. The summed E-state index contributed by atoms with van der Waals surface area (Å²) in [5, 5.41) is 23.9. The quantitative estimate of drug-likeness (QED) is 0.0166. The molecule has 37 nitrogen and oxygen atoms in total. The number of carbonyl (C=O) groups excluding carboxylic acids is 16. The van der Waals surface area contributed by atoms with Crippen LogP contribution in [0.1, 0.15) is 214 Å². The average molecular weight is 3470 g/mol. The first kappa shape index (κ1) is 172. The van der Waals surface area contributed by atoms with Crippen LogP contribution in [0.5, 0.6) is 0 Å². The number of ether oxygens (including phenoxy) is 10. The smallest absolute Gasteiger partial charge is 0.408 e. The van der Waals surface area contributed by atoms with Crippen molar-refractivity contribution in [1.82, 2.24) is 52.9 Å². The van der Waals surface area contributed by atoms with Crippen molar-refractivity contribution in [3.8, 4) is 0 Å². The molecule has 0 bridgehead atoms. The Morgan fingerprint density at radius 3 is 0.955 bits per heavy atom. The molecule has 55 heteroatoms. The molecule has 18 radical (unpaired) electrons. The van der Waals surface area contributed by atoms with Gasteiger partial charge in [-0.2, -0.15) is 0 Å². The van der Waals surface area contributed by atoms with Gasteiger partial charge in [-0.25, -0.2) is 52.7 Å². The van der Waals surface area contributed by atoms with E-state index < -0.39 is 78.5 Å². The molecule has 9 aliphatic heterocycles. The summed E-state index contributed by atoms with van der Waals surface area (Å²) in [7, 11) is 8.38. The molecule has 10 rings (SSSR count). The molecular formula is C77H124N10O27Rh18. The molecule has 10 atom stereocenters. The topological polar surface area (TPSA) is 486 Å². The normalized spacial score (nSPS) is 19.2. The Morgan fingerprint density at radius 2 is 0.682 bits per heavy atom. The summed E-state index contributed by atoms with van der Waals surface area (Å²) in [6.07, 6.45) is 25.0. The van der Waals surface area contributed by atoms with E-state index in [1.54, 1.807) is 21.0 Å². The number of hydrogen-bond acceptors (Lipinski definition) is 28. The third-order valence-electron chi connectivity index (χ3n) is 17.5. The maximum Gasteiger partial charge on any atom is 0.408 e. The van der Waals surface area contributed by atoms with E-state index in [0.29, 0.717) is 90.6 Å².